The Morgan fingerprint density at radius 3 is 2.50 bits per heavy atom. The fourth-order valence-corrected chi connectivity index (χ4v) is 1.60. The van der Waals surface area contributed by atoms with E-state index < -0.39 is 5.97 Å². The standard InChI is InChI=1S/C9H5Br2NO2/c1-14-9(13)6-3-8(11)7(10)2-5(6)4-12/h2-3H,1H3. The predicted octanol–water partition coefficient (Wildman–Crippen LogP) is 2.87. The van der Waals surface area contributed by atoms with Crippen LogP contribution in [-0.4, -0.2) is 13.1 Å². The van der Waals surface area contributed by atoms with Crippen LogP contribution in [0.3, 0.4) is 0 Å². The number of hydrogen-bond donors (Lipinski definition) is 0. The number of rotatable bonds is 1. The summed E-state index contributed by atoms with van der Waals surface area (Å²) >= 11 is 6.48. The molecule has 0 atom stereocenters. The minimum Gasteiger partial charge on any atom is -0.465 e. The van der Waals surface area contributed by atoms with Crippen LogP contribution in [0.25, 0.3) is 0 Å². The molecule has 0 saturated heterocycles. The molecule has 0 aliphatic rings. The van der Waals surface area contributed by atoms with Gasteiger partial charge in [0.05, 0.1) is 18.2 Å². The molecule has 0 aromatic heterocycles. The zero-order valence-corrected chi connectivity index (χ0v) is 10.3. The van der Waals surface area contributed by atoms with Gasteiger partial charge in [0, 0.05) is 8.95 Å². The van der Waals surface area contributed by atoms with Crippen molar-refractivity contribution in [2.45, 2.75) is 0 Å². The summed E-state index contributed by atoms with van der Waals surface area (Å²) < 4.78 is 5.98. The number of carbonyl (C=O) groups excluding carboxylic acids is 1. The van der Waals surface area contributed by atoms with Gasteiger partial charge in [-0.3, -0.25) is 0 Å². The van der Waals surface area contributed by atoms with Crippen molar-refractivity contribution in [1.82, 2.24) is 0 Å². The molecule has 72 valence electrons. The normalized spacial score (nSPS) is 9.29. The largest absolute Gasteiger partial charge is 0.465 e. The van der Waals surface area contributed by atoms with Crippen LogP contribution in [0.4, 0.5) is 0 Å². The smallest absolute Gasteiger partial charge is 0.339 e. The van der Waals surface area contributed by atoms with Gasteiger partial charge in [-0.05, 0) is 44.0 Å². The van der Waals surface area contributed by atoms with Crippen molar-refractivity contribution < 1.29 is 9.53 Å². The van der Waals surface area contributed by atoms with Gasteiger partial charge in [0.25, 0.3) is 0 Å². The molecule has 0 amide bonds. The summed E-state index contributed by atoms with van der Waals surface area (Å²) in [7, 11) is 1.28. The summed E-state index contributed by atoms with van der Waals surface area (Å²) in [5, 5.41) is 8.78. The van der Waals surface area contributed by atoms with Crippen LogP contribution >= 0.6 is 31.9 Å². The van der Waals surface area contributed by atoms with Crippen molar-refractivity contribution in [3.8, 4) is 6.07 Å². The third-order valence-electron chi connectivity index (χ3n) is 1.59. The van der Waals surface area contributed by atoms with E-state index in [-0.39, 0.29) is 11.1 Å². The summed E-state index contributed by atoms with van der Waals surface area (Å²) in [6.07, 6.45) is 0. The van der Waals surface area contributed by atoms with E-state index in [9.17, 15) is 4.79 Å². The van der Waals surface area contributed by atoms with E-state index in [1.54, 1.807) is 12.1 Å². The minimum atomic E-state index is -0.519. The van der Waals surface area contributed by atoms with E-state index in [1.807, 2.05) is 6.07 Å². The highest BCUT2D eigenvalue weighted by Crippen LogP contribution is 2.26. The molecule has 5 heteroatoms. The number of nitrogens with zero attached hydrogens (tertiary/aromatic N) is 1. The molecular weight excluding hydrogens is 314 g/mol. The summed E-state index contributed by atoms with van der Waals surface area (Å²) in [4.78, 5) is 11.2. The minimum absolute atomic E-state index is 0.255. The molecule has 0 radical (unpaired) electrons. The summed E-state index contributed by atoms with van der Waals surface area (Å²) in [5.41, 5.74) is 0.539. The Hall–Kier alpha value is -0.860. The summed E-state index contributed by atoms with van der Waals surface area (Å²) in [5.74, 6) is -0.519. The van der Waals surface area contributed by atoms with Gasteiger partial charge in [0.1, 0.15) is 6.07 Å². The van der Waals surface area contributed by atoms with Crippen LogP contribution in [0.1, 0.15) is 15.9 Å². The number of carbonyl (C=O) groups is 1. The molecule has 0 saturated carbocycles. The maximum atomic E-state index is 11.2. The number of halogens is 2. The number of methoxy groups -OCH3 is 1. The maximum Gasteiger partial charge on any atom is 0.339 e. The molecule has 0 unspecified atom stereocenters. The van der Waals surface area contributed by atoms with Crippen LogP contribution in [0.2, 0.25) is 0 Å². The lowest BCUT2D eigenvalue weighted by Gasteiger charge is -2.03. The zero-order valence-electron chi connectivity index (χ0n) is 7.17. The number of nitriles is 1. The first-order valence-electron chi connectivity index (χ1n) is 3.57. The molecule has 1 rings (SSSR count). The van der Waals surface area contributed by atoms with Crippen LogP contribution in [0.5, 0.6) is 0 Å². The van der Waals surface area contributed by atoms with Crippen LogP contribution in [0, 0.1) is 11.3 Å². The highest BCUT2D eigenvalue weighted by Gasteiger charge is 2.13. The van der Waals surface area contributed by atoms with Gasteiger partial charge in [0.2, 0.25) is 0 Å². The van der Waals surface area contributed by atoms with Crippen molar-refractivity contribution in [3.05, 3.63) is 32.2 Å². The van der Waals surface area contributed by atoms with E-state index in [0.717, 1.165) is 4.47 Å². The zero-order chi connectivity index (χ0) is 10.7. The Labute approximate surface area is 97.9 Å². The van der Waals surface area contributed by atoms with E-state index in [2.05, 4.69) is 36.6 Å². The average Bonchev–Trinajstić information content (AvgIpc) is 2.20. The molecule has 14 heavy (non-hydrogen) atoms. The van der Waals surface area contributed by atoms with Crippen molar-refractivity contribution in [2.75, 3.05) is 7.11 Å². The molecule has 0 aliphatic carbocycles. The molecule has 1 aromatic rings. The SMILES string of the molecule is COC(=O)c1cc(Br)c(Br)cc1C#N. The summed E-state index contributed by atoms with van der Waals surface area (Å²) in [6.45, 7) is 0. The lowest BCUT2D eigenvalue weighted by Crippen LogP contribution is -2.04. The van der Waals surface area contributed by atoms with Gasteiger partial charge in [-0.25, -0.2) is 4.79 Å². The second-order valence-electron chi connectivity index (χ2n) is 2.42. The molecule has 0 spiro atoms. The molecule has 1 aromatic carbocycles. The Bertz CT molecular complexity index is 424. The second kappa shape index (κ2) is 4.58. The van der Waals surface area contributed by atoms with Gasteiger partial charge < -0.3 is 4.74 Å². The third-order valence-corrected chi connectivity index (χ3v) is 3.43. The first-order chi connectivity index (χ1) is 6.60. The number of benzene rings is 1. The molecular formula is C9H5Br2NO2. The number of ether oxygens (including phenoxy) is 1. The van der Waals surface area contributed by atoms with Crippen LogP contribution in [-0.2, 0) is 4.74 Å². The molecule has 3 nitrogen and oxygen atoms in total. The quantitative estimate of drug-likeness (QED) is 0.748. The van der Waals surface area contributed by atoms with E-state index >= 15 is 0 Å². The maximum absolute atomic E-state index is 11.2. The molecule has 0 N–H and O–H groups in total. The molecule has 0 bridgehead atoms. The molecule has 0 fully saturated rings. The van der Waals surface area contributed by atoms with Gasteiger partial charge >= 0.3 is 5.97 Å². The van der Waals surface area contributed by atoms with Gasteiger partial charge in [-0.2, -0.15) is 5.26 Å². The second-order valence-corrected chi connectivity index (χ2v) is 4.12. The van der Waals surface area contributed by atoms with E-state index in [0.29, 0.717) is 4.47 Å². The van der Waals surface area contributed by atoms with Crippen molar-refractivity contribution in [1.29, 1.82) is 5.26 Å². The van der Waals surface area contributed by atoms with Crippen molar-refractivity contribution in [3.63, 3.8) is 0 Å². The average molecular weight is 319 g/mol. The first kappa shape index (κ1) is 11.2. The Morgan fingerprint density at radius 2 is 2.00 bits per heavy atom. The fraction of sp³-hybridized carbons (Fsp3) is 0.111. The highest BCUT2D eigenvalue weighted by molar-refractivity contribution is 9.13. The monoisotopic (exact) mass is 317 g/mol. The summed E-state index contributed by atoms with van der Waals surface area (Å²) in [6, 6.07) is 5.04. The molecule has 0 aliphatic heterocycles. The predicted molar refractivity (Wildman–Crippen MR) is 57.9 cm³/mol. The third kappa shape index (κ3) is 2.14. The topological polar surface area (TPSA) is 50.1 Å². The Balaban J connectivity index is 3.36. The fourth-order valence-electron chi connectivity index (χ4n) is 0.918. The number of hydrogen-bond acceptors (Lipinski definition) is 3. The van der Waals surface area contributed by atoms with Crippen LogP contribution < -0.4 is 0 Å². The van der Waals surface area contributed by atoms with Crippen molar-refractivity contribution in [2.24, 2.45) is 0 Å². The number of esters is 1. The lowest BCUT2D eigenvalue weighted by atomic mass is 10.1. The van der Waals surface area contributed by atoms with E-state index in [1.165, 1.54) is 7.11 Å². The Kier molecular flexibility index (Phi) is 3.67. The van der Waals surface area contributed by atoms with Gasteiger partial charge in [-0.15, -0.1) is 0 Å². The van der Waals surface area contributed by atoms with Crippen LogP contribution in [0.15, 0.2) is 21.1 Å². The van der Waals surface area contributed by atoms with Gasteiger partial charge in [-0.1, -0.05) is 0 Å². The van der Waals surface area contributed by atoms with Gasteiger partial charge in [0.15, 0.2) is 0 Å². The molecule has 0 heterocycles. The van der Waals surface area contributed by atoms with Crippen molar-refractivity contribution >= 4 is 37.8 Å². The lowest BCUT2D eigenvalue weighted by molar-refractivity contribution is 0.0600. The highest BCUT2D eigenvalue weighted by atomic mass is 79.9. The first-order valence-corrected chi connectivity index (χ1v) is 5.16. The Morgan fingerprint density at radius 1 is 1.43 bits per heavy atom. The van der Waals surface area contributed by atoms with E-state index in [4.69, 9.17) is 5.26 Å².